The molecule has 0 bridgehead atoms. The molecule has 0 heterocycles. The molecule has 0 fully saturated rings. The summed E-state index contributed by atoms with van der Waals surface area (Å²) in [5.74, 6) is 0.590. The molecule has 0 amide bonds. The van der Waals surface area contributed by atoms with Gasteiger partial charge >= 0.3 is 0 Å². The summed E-state index contributed by atoms with van der Waals surface area (Å²) in [5.41, 5.74) is -1.25. The second-order valence-corrected chi connectivity index (χ2v) is 14.4. The molecule has 1 aliphatic rings. The van der Waals surface area contributed by atoms with Crippen LogP contribution in [0.4, 0.5) is 0 Å². The van der Waals surface area contributed by atoms with Gasteiger partial charge in [-0.3, -0.25) is 0 Å². The lowest BCUT2D eigenvalue weighted by atomic mass is 9.86. The van der Waals surface area contributed by atoms with E-state index >= 15 is 0 Å². The van der Waals surface area contributed by atoms with Crippen molar-refractivity contribution in [1.82, 2.24) is 0 Å². The third-order valence-electron chi connectivity index (χ3n) is 4.44. The van der Waals surface area contributed by atoms with Gasteiger partial charge in [0.2, 0.25) is 8.32 Å². The van der Waals surface area contributed by atoms with Crippen LogP contribution in [0.5, 0.6) is 0 Å². The maximum atomic E-state index is 13.7. The molecule has 1 N–H and O–H groups in total. The Morgan fingerprint density at radius 1 is 1.29 bits per heavy atom. The number of rotatable bonds is 5. The molecule has 0 saturated carbocycles. The summed E-state index contributed by atoms with van der Waals surface area (Å²) in [4.78, 5) is 0.659. The molecule has 6 heteroatoms. The van der Waals surface area contributed by atoms with Crippen LogP contribution in [0.1, 0.15) is 26.2 Å². The van der Waals surface area contributed by atoms with Crippen molar-refractivity contribution in [2.24, 2.45) is 4.36 Å². The quantitative estimate of drug-likeness (QED) is 0.794. The minimum absolute atomic E-state index is 0.545. The molecule has 0 aromatic heterocycles. The van der Waals surface area contributed by atoms with E-state index in [2.05, 4.69) is 24.0 Å². The van der Waals surface area contributed by atoms with Crippen molar-refractivity contribution in [3.63, 3.8) is 0 Å². The molecule has 24 heavy (non-hydrogen) atoms. The molecule has 0 saturated heterocycles. The van der Waals surface area contributed by atoms with Gasteiger partial charge in [0, 0.05) is 11.9 Å². The molecule has 3 atom stereocenters. The standard InChI is InChI=1S/C18H29NO3SSi/c1-15(23(21,19-2)16-11-7-6-8-12-16)18(20)14-10-9-13-17(18)22-24(3,4)5/h6-8,11-13,15,20H,9-10,14H2,1-5H3/t15-,18+,23?/m1/s1. The number of aliphatic hydroxyl groups is 1. The van der Waals surface area contributed by atoms with Crippen LogP contribution in [0.25, 0.3) is 0 Å². The smallest absolute Gasteiger partial charge is 0.241 e. The minimum Gasteiger partial charge on any atom is -0.545 e. The van der Waals surface area contributed by atoms with Crippen molar-refractivity contribution >= 4 is 18.0 Å². The van der Waals surface area contributed by atoms with Crippen molar-refractivity contribution in [2.45, 2.75) is 61.6 Å². The fourth-order valence-corrected chi connectivity index (χ4v) is 6.28. The van der Waals surface area contributed by atoms with Crippen molar-refractivity contribution in [2.75, 3.05) is 7.05 Å². The Morgan fingerprint density at radius 3 is 2.46 bits per heavy atom. The maximum absolute atomic E-state index is 13.7. The molecule has 0 spiro atoms. The highest BCUT2D eigenvalue weighted by Gasteiger charge is 2.47. The van der Waals surface area contributed by atoms with Gasteiger partial charge in [0.1, 0.15) is 11.4 Å². The molecular weight excluding hydrogens is 338 g/mol. The van der Waals surface area contributed by atoms with Crippen molar-refractivity contribution in [3.8, 4) is 0 Å². The second kappa shape index (κ2) is 7.02. The fraction of sp³-hybridized carbons (Fsp3) is 0.556. The lowest BCUT2D eigenvalue weighted by molar-refractivity contribution is 0.0236. The zero-order valence-electron chi connectivity index (χ0n) is 15.3. The number of benzene rings is 1. The Labute approximate surface area is 147 Å². The van der Waals surface area contributed by atoms with Gasteiger partial charge in [-0.1, -0.05) is 18.2 Å². The zero-order valence-corrected chi connectivity index (χ0v) is 17.1. The number of hydrogen-bond donors (Lipinski definition) is 1. The van der Waals surface area contributed by atoms with Crippen LogP contribution in [0, 0.1) is 0 Å². The zero-order chi connectivity index (χ0) is 18.0. The summed E-state index contributed by atoms with van der Waals surface area (Å²) in [6, 6.07) is 9.24. The molecule has 1 unspecified atom stereocenters. The molecule has 2 rings (SSSR count). The van der Waals surface area contributed by atoms with Crippen molar-refractivity contribution in [1.29, 1.82) is 0 Å². The van der Waals surface area contributed by atoms with E-state index in [0.29, 0.717) is 17.1 Å². The SMILES string of the molecule is CN=S(=O)(c1ccccc1)[C@H](C)[C@@]1(O)CCCC=C1O[Si](C)(C)C. The first kappa shape index (κ1) is 19.2. The molecule has 0 aliphatic heterocycles. The van der Waals surface area contributed by atoms with Crippen molar-refractivity contribution in [3.05, 3.63) is 42.2 Å². The van der Waals surface area contributed by atoms with Crippen LogP contribution < -0.4 is 0 Å². The summed E-state index contributed by atoms with van der Waals surface area (Å²) >= 11 is 0. The molecule has 0 radical (unpaired) electrons. The van der Waals surface area contributed by atoms with Crippen LogP contribution in [-0.2, 0) is 14.2 Å². The van der Waals surface area contributed by atoms with E-state index in [-0.39, 0.29) is 0 Å². The van der Waals surface area contributed by atoms with Crippen LogP contribution in [-0.4, -0.2) is 35.5 Å². The summed E-state index contributed by atoms with van der Waals surface area (Å²) < 4.78 is 24.1. The van der Waals surface area contributed by atoms with Crippen LogP contribution in [0.15, 0.2) is 51.4 Å². The Morgan fingerprint density at radius 2 is 1.92 bits per heavy atom. The number of allylic oxidation sites excluding steroid dienone is 1. The van der Waals surface area contributed by atoms with Gasteiger partial charge in [-0.15, -0.1) is 0 Å². The van der Waals surface area contributed by atoms with E-state index in [1.165, 1.54) is 0 Å². The van der Waals surface area contributed by atoms with Gasteiger partial charge in [0.25, 0.3) is 0 Å². The van der Waals surface area contributed by atoms with E-state index in [0.717, 1.165) is 12.8 Å². The lowest BCUT2D eigenvalue weighted by Gasteiger charge is -2.41. The van der Waals surface area contributed by atoms with Gasteiger partial charge < -0.3 is 9.53 Å². The summed E-state index contributed by atoms with van der Waals surface area (Å²) in [5, 5.41) is 10.9. The van der Waals surface area contributed by atoms with Gasteiger partial charge in [-0.25, -0.2) is 8.57 Å². The van der Waals surface area contributed by atoms with Gasteiger partial charge in [0.15, 0.2) is 0 Å². The first-order valence-electron chi connectivity index (χ1n) is 8.45. The minimum atomic E-state index is -2.76. The van der Waals surface area contributed by atoms with Crippen LogP contribution in [0.3, 0.4) is 0 Å². The van der Waals surface area contributed by atoms with Crippen LogP contribution in [0.2, 0.25) is 19.6 Å². The van der Waals surface area contributed by atoms with E-state index in [1.54, 1.807) is 7.05 Å². The Hall–Kier alpha value is -1.11. The summed E-state index contributed by atoms with van der Waals surface area (Å²) in [6.45, 7) is 8.10. The van der Waals surface area contributed by atoms with Crippen LogP contribution >= 0.6 is 0 Å². The van der Waals surface area contributed by atoms with Gasteiger partial charge in [-0.2, -0.15) is 0 Å². The second-order valence-electron chi connectivity index (χ2n) is 7.31. The first-order valence-corrected chi connectivity index (χ1v) is 13.4. The van der Waals surface area contributed by atoms with Crippen molar-refractivity contribution < 1.29 is 13.7 Å². The molecule has 1 aromatic rings. The van der Waals surface area contributed by atoms with E-state index in [4.69, 9.17) is 4.43 Å². The molecular formula is C18H29NO3SSi. The van der Waals surface area contributed by atoms with Gasteiger partial charge in [-0.05, 0) is 64.0 Å². The predicted octanol–water partition coefficient (Wildman–Crippen LogP) is 4.18. The monoisotopic (exact) mass is 367 g/mol. The van der Waals surface area contributed by atoms with E-state index in [9.17, 15) is 9.32 Å². The van der Waals surface area contributed by atoms with E-state index in [1.807, 2.05) is 43.3 Å². The lowest BCUT2D eigenvalue weighted by Crippen LogP contribution is -2.50. The third kappa shape index (κ3) is 3.76. The largest absolute Gasteiger partial charge is 0.545 e. The third-order valence-corrected chi connectivity index (χ3v) is 8.11. The maximum Gasteiger partial charge on any atom is 0.241 e. The Bertz CT molecular complexity index is 718. The fourth-order valence-electron chi connectivity index (χ4n) is 3.12. The molecule has 134 valence electrons. The van der Waals surface area contributed by atoms with E-state index < -0.39 is 28.9 Å². The highest BCUT2D eigenvalue weighted by molar-refractivity contribution is 7.94. The topological polar surface area (TPSA) is 58.9 Å². The highest BCUT2D eigenvalue weighted by Crippen LogP contribution is 2.39. The highest BCUT2D eigenvalue weighted by atomic mass is 32.2. The average molecular weight is 368 g/mol. The Kier molecular flexibility index (Phi) is 5.62. The molecule has 4 nitrogen and oxygen atoms in total. The molecule has 1 aromatic carbocycles. The normalized spacial score (nSPS) is 25.3. The number of nitrogens with zero attached hydrogens (tertiary/aromatic N) is 1. The first-order chi connectivity index (χ1) is 11.1. The summed E-state index contributed by atoms with van der Waals surface area (Å²) in [7, 11) is -3.07. The summed E-state index contributed by atoms with van der Waals surface area (Å²) in [6.07, 6.45) is 4.25. The predicted molar refractivity (Wildman–Crippen MR) is 102 cm³/mol. The van der Waals surface area contributed by atoms with Gasteiger partial charge in [0.05, 0.1) is 15.0 Å². The Balaban J connectivity index is 2.49. The molecule has 1 aliphatic carbocycles. The average Bonchev–Trinajstić information content (AvgIpc) is 2.55. The number of hydrogen-bond acceptors (Lipinski definition) is 4.